The summed E-state index contributed by atoms with van der Waals surface area (Å²) in [5.41, 5.74) is -1.91. The number of carbonyl (C=O) groups is 3. The van der Waals surface area contributed by atoms with Crippen LogP contribution in [-0.4, -0.2) is 31.3 Å². The molecule has 33 heavy (non-hydrogen) atoms. The summed E-state index contributed by atoms with van der Waals surface area (Å²) in [6, 6.07) is 11.2. The highest BCUT2D eigenvalue weighted by molar-refractivity contribution is 7.91. The Labute approximate surface area is 184 Å². The Kier molecular flexibility index (Phi) is 5.08. The first kappa shape index (κ1) is 22.2. The number of benzene rings is 3. The van der Waals surface area contributed by atoms with E-state index >= 15 is 0 Å². The molecule has 0 saturated carbocycles. The van der Waals surface area contributed by atoms with E-state index in [1.165, 1.54) is 6.07 Å². The Morgan fingerprint density at radius 3 is 2.03 bits per heavy atom. The Hall–Kier alpha value is -3.99. The Balaban J connectivity index is 1.73. The number of anilines is 1. The summed E-state index contributed by atoms with van der Waals surface area (Å²) in [7, 11) is -4.18. The molecule has 2 amide bonds. The molecule has 0 bridgehead atoms. The fourth-order valence-corrected chi connectivity index (χ4v) is 4.64. The van der Waals surface area contributed by atoms with Crippen LogP contribution < -0.4 is 4.90 Å². The smallest absolute Gasteiger partial charge is 0.416 e. The third kappa shape index (κ3) is 3.76. The summed E-state index contributed by atoms with van der Waals surface area (Å²) < 4.78 is 65.0. The average Bonchev–Trinajstić information content (AvgIpc) is 3.03. The highest BCUT2D eigenvalue weighted by Gasteiger charge is 2.39. The van der Waals surface area contributed by atoms with Crippen LogP contribution in [0, 0.1) is 0 Å². The van der Waals surface area contributed by atoms with Gasteiger partial charge >= 0.3 is 12.1 Å². The number of halogens is 3. The second kappa shape index (κ2) is 7.55. The first-order valence-corrected chi connectivity index (χ1v) is 10.7. The molecule has 0 spiro atoms. The maximum Gasteiger partial charge on any atom is 0.416 e. The summed E-state index contributed by atoms with van der Waals surface area (Å²) in [5.74, 6) is -3.09. The van der Waals surface area contributed by atoms with E-state index in [0.29, 0.717) is 11.0 Å². The number of carboxylic acid groups (broad SMARTS) is 1. The molecule has 0 aromatic heterocycles. The molecule has 1 aliphatic rings. The van der Waals surface area contributed by atoms with Crippen LogP contribution in [0.4, 0.5) is 18.9 Å². The quantitative estimate of drug-likeness (QED) is 0.571. The molecular weight excluding hydrogens is 463 g/mol. The van der Waals surface area contributed by atoms with Gasteiger partial charge in [0.1, 0.15) is 0 Å². The van der Waals surface area contributed by atoms with Gasteiger partial charge in [-0.15, -0.1) is 0 Å². The number of hydrogen-bond donors (Lipinski definition) is 1. The van der Waals surface area contributed by atoms with Crippen LogP contribution >= 0.6 is 0 Å². The first-order chi connectivity index (χ1) is 15.4. The van der Waals surface area contributed by atoms with E-state index in [1.807, 2.05) is 0 Å². The molecule has 4 rings (SSSR count). The van der Waals surface area contributed by atoms with Gasteiger partial charge in [-0.2, -0.15) is 13.2 Å². The minimum Gasteiger partial charge on any atom is -0.478 e. The van der Waals surface area contributed by atoms with Crippen LogP contribution in [0.2, 0.25) is 0 Å². The summed E-state index contributed by atoms with van der Waals surface area (Å²) >= 11 is 0. The zero-order valence-corrected chi connectivity index (χ0v) is 17.1. The number of fused-ring (bicyclic) bond motifs is 1. The van der Waals surface area contributed by atoms with Gasteiger partial charge in [0.2, 0.25) is 9.84 Å². The van der Waals surface area contributed by atoms with Crippen LogP contribution in [0.3, 0.4) is 0 Å². The number of alkyl halides is 3. The second-order valence-electron chi connectivity index (χ2n) is 7.03. The SMILES string of the molecule is O=C(O)c1ccc(S(=O)(=O)c2ccc3c(c2)C(=O)N(c2cccc(C(F)(F)F)c2)C3=O)cc1. The molecule has 0 atom stereocenters. The molecular formula is C22H12F3NO6S. The molecule has 1 N–H and O–H groups in total. The molecule has 11 heteroatoms. The number of carboxylic acids is 1. The van der Waals surface area contributed by atoms with Crippen LogP contribution in [-0.2, 0) is 16.0 Å². The second-order valence-corrected chi connectivity index (χ2v) is 8.98. The molecule has 3 aromatic carbocycles. The normalized spacial score (nSPS) is 13.8. The van der Waals surface area contributed by atoms with Crippen molar-refractivity contribution in [2.75, 3.05) is 4.90 Å². The lowest BCUT2D eigenvalue weighted by Crippen LogP contribution is -2.29. The van der Waals surface area contributed by atoms with Gasteiger partial charge in [0.25, 0.3) is 11.8 Å². The van der Waals surface area contributed by atoms with E-state index in [4.69, 9.17) is 5.11 Å². The molecule has 7 nitrogen and oxygen atoms in total. The third-order valence-electron chi connectivity index (χ3n) is 5.01. The molecule has 0 radical (unpaired) electrons. The van der Waals surface area contributed by atoms with Gasteiger partial charge in [-0.25, -0.2) is 18.1 Å². The Morgan fingerprint density at radius 2 is 1.42 bits per heavy atom. The predicted molar refractivity (Wildman–Crippen MR) is 108 cm³/mol. The average molecular weight is 475 g/mol. The molecule has 1 aliphatic heterocycles. The van der Waals surface area contributed by atoms with Gasteiger partial charge in [-0.05, 0) is 60.7 Å². The van der Waals surface area contributed by atoms with E-state index in [0.717, 1.165) is 54.6 Å². The fourth-order valence-electron chi connectivity index (χ4n) is 3.36. The number of hydrogen-bond acceptors (Lipinski definition) is 5. The van der Waals surface area contributed by atoms with Crippen molar-refractivity contribution in [2.24, 2.45) is 0 Å². The van der Waals surface area contributed by atoms with Crippen LogP contribution in [0.5, 0.6) is 0 Å². The van der Waals surface area contributed by atoms with Crippen molar-refractivity contribution >= 4 is 33.3 Å². The molecule has 0 aliphatic carbocycles. The number of sulfone groups is 1. The number of rotatable bonds is 4. The van der Waals surface area contributed by atoms with Crippen LogP contribution in [0.25, 0.3) is 0 Å². The highest BCUT2D eigenvalue weighted by Crippen LogP contribution is 2.35. The summed E-state index contributed by atoms with van der Waals surface area (Å²) in [4.78, 5) is 36.5. The number of nitrogens with zero attached hydrogens (tertiary/aromatic N) is 1. The van der Waals surface area contributed by atoms with E-state index < -0.39 is 39.4 Å². The van der Waals surface area contributed by atoms with Gasteiger partial charge in [0.05, 0.1) is 37.7 Å². The minimum atomic E-state index is -4.69. The van der Waals surface area contributed by atoms with E-state index in [1.54, 1.807) is 0 Å². The number of amides is 2. The lowest BCUT2D eigenvalue weighted by atomic mass is 10.1. The van der Waals surface area contributed by atoms with Crippen molar-refractivity contribution in [3.8, 4) is 0 Å². The van der Waals surface area contributed by atoms with Crippen molar-refractivity contribution < 1.29 is 41.1 Å². The zero-order valence-electron chi connectivity index (χ0n) is 16.3. The van der Waals surface area contributed by atoms with Gasteiger partial charge in [0.15, 0.2) is 0 Å². The molecule has 0 fully saturated rings. The summed E-state index contributed by atoms with van der Waals surface area (Å²) in [6.45, 7) is 0. The van der Waals surface area contributed by atoms with Crippen molar-refractivity contribution in [1.29, 1.82) is 0 Å². The third-order valence-corrected chi connectivity index (χ3v) is 6.78. The maximum atomic E-state index is 13.0. The van der Waals surface area contributed by atoms with E-state index in [2.05, 4.69) is 0 Å². The fraction of sp³-hybridized carbons (Fsp3) is 0.0455. The molecule has 1 heterocycles. The van der Waals surface area contributed by atoms with E-state index in [-0.39, 0.29) is 32.2 Å². The van der Waals surface area contributed by atoms with Crippen molar-refractivity contribution in [1.82, 2.24) is 0 Å². The van der Waals surface area contributed by atoms with Gasteiger partial charge in [-0.1, -0.05) is 6.07 Å². The van der Waals surface area contributed by atoms with Gasteiger partial charge < -0.3 is 5.11 Å². The standard InChI is InChI=1S/C22H12F3NO6S/c23-22(24,25)13-2-1-3-14(10-13)26-19(27)17-9-8-16(11-18(17)20(26)28)33(31,32)15-6-4-12(5-7-15)21(29)30/h1-11H,(H,29,30). The van der Waals surface area contributed by atoms with Crippen LogP contribution in [0.1, 0.15) is 36.6 Å². The van der Waals surface area contributed by atoms with Crippen molar-refractivity contribution in [3.63, 3.8) is 0 Å². The van der Waals surface area contributed by atoms with Crippen molar-refractivity contribution in [3.05, 3.63) is 89.0 Å². The molecule has 168 valence electrons. The number of aromatic carboxylic acids is 1. The monoisotopic (exact) mass is 475 g/mol. The summed E-state index contributed by atoms with van der Waals surface area (Å²) in [6.07, 6.45) is -4.69. The Morgan fingerprint density at radius 1 is 0.818 bits per heavy atom. The topological polar surface area (TPSA) is 109 Å². The zero-order chi connectivity index (χ0) is 24.1. The lowest BCUT2D eigenvalue weighted by molar-refractivity contribution is -0.137. The molecule has 0 saturated heterocycles. The predicted octanol–water partition coefficient (Wildman–Crippen LogP) is 4.04. The van der Waals surface area contributed by atoms with Gasteiger partial charge in [0, 0.05) is 0 Å². The van der Waals surface area contributed by atoms with E-state index in [9.17, 15) is 36.0 Å². The minimum absolute atomic E-state index is 0.125. The van der Waals surface area contributed by atoms with Crippen LogP contribution in [0.15, 0.2) is 76.5 Å². The lowest BCUT2D eigenvalue weighted by Gasteiger charge is -2.16. The maximum absolute atomic E-state index is 13.0. The molecule has 0 unspecified atom stereocenters. The first-order valence-electron chi connectivity index (χ1n) is 9.20. The summed E-state index contributed by atoms with van der Waals surface area (Å²) in [5, 5.41) is 8.95. The molecule has 3 aromatic rings. The highest BCUT2D eigenvalue weighted by atomic mass is 32.2. The number of carbonyl (C=O) groups excluding carboxylic acids is 2. The van der Waals surface area contributed by atoms with Crippen molar-refractivity contribution in [2.45, 2.75) is 16.0 Å². The Bertz CT molecular complexity index is 1430. The number of imide groups is 1. The van der Waals surface area contributed by atoms with Gasteiger partial charge in [-0.3, -0.25) is 9.59 Å². The largest absolute Gasteiger partial charge is 0.478 e.